The van der Waals surface area contributed by atoms with Gasteiger partial charge < -0.3 is 14.9 Å². The van der Waals surface area contributed by atoms with Crippen molar-refractivity contribution in [3.8, 4) is 0 Å². The van der Waals surface area contributed by atoms with Crippen LogP contribution in [0.15, 0.2) is 42.5 Å². The quantitative estimate of drug-likeness (QED) is 0.757. The summed E-state index contributed by atoms with van der Waals surface area (Å²) in [6, 6.07) is 9.15. The molecule has 2 N–H and O–H groups in total. The summed E-state index contributed by atoms with van der Waals surface area (Å²) >= 11 is 0. The summed E-state index contributed by atoms with van der Waals surface area (Å²) in [7, 11) is 0. The third-order valence-electron chi connectivity index (χ3n) is 2.79. The lowest BCUT2D eigenvalue weighted by Crippen LogP contribution is -2.35. The van der Waals surface area contributed by atoms with Crippen molar-refractivity contribution in [3.05, 3.63) is 48.0 Å². The van der Waals surface area contributed by atoms with Gasteiger partial charge in [0, 0.05) is 0 Å². The normalized spacial score (nSPS) is 24.0. The van der Waals surface area contributed by atoms with Gasteiger partial charge in [0.2, 0.25) is 0 Å². The molecule has 1 aliphatic heterocycles. The van der Waals surface area contributed by atoms with Crippen LogP contribution < -0.4 is 0 Å². The van der Waals surface area contributed by atoms with Gasteiger partial charge in [-0.25, -0.2) is 0 Å². The number of hydrogen-bond donors (Lipinski definition) is 2. The highest BCUT2D eigenvalue weighted by Crippen LogP contribution is 2.23. The van der Waals surface area contributed by atoms with Crippen molar-refractivity contribution < 1.29 is 14.9 Å². The topological polar surface area (TPSA) is 49.7 Å². The van der Waals surface area contributed by atoms with Crippen molar-refractivity contribution in [3.63, 3.8) is 0 Å². The van der Waals surface area contributed by atoms with Gasteiger partial charge in [0.25, 0.3) is 0 Å². The van der Waals surface area contributed by atoms with Gasteiger partial charge in [-0.2, -0.15) is 0 Å². The fourth-order valence-corrected chi connectivity index (χ4v) is 1.83. The Morgan fingerprint density at radius 2 is 1.88 bits per heavy atom. The van der Waals surface area contributed by atoms with Gasteiger partial charge >= 0.3 is 0 Å². The highest BCUT2D eigenvalue weighted by Gasteiger charge is 2.28. The second-order valence-corrected chi connectivity index (χ2v) is 3.93. The molecular weight excluding hydrogens is 204 g/mol. The SMILES string of the molecule is O[C@H]([C@@H]1CC=CCO1)[C@H](O)c1ccccc1. The predicted octanol–water partition coefficient (Wildman–Crippen LogP) is 1.43. The largest absolute Gasteiger partial charge is 0.387 e. The molecule has 3 heteroatoms. The minimum atomic E-state index is -0.891. The molecule has 0 aromatic heterocycles. The van der Waals surface area contributed by atoms with E-state index in [-0.39, 0.29) is 6.10 Å². The van der Waals surface area contributed by atoms with Gasteiger partial charge in [0.05, 0.1) is 12.7 Å². The maximum absolute atomic E-state index is 9.99. The molecule has 1 aromatic rings. The molecule has 0 radical (unpaired) electrons. The van der Waals surface area contributed by atoms with Gasteiger partial charge in [-0.05, 0) is 12.0 Å². The van der Waals surface area contributed by atoms with Crippen LogP contribution in [-0.4, -0.2) is 29.0 Å². The molecular formula is C13H16O3. The maximum atomic E-state index is 9.99. The Labute approximate surface area is 95.0 Å². The highest BCUT2D eigenvalue weighted by atomic mass is 16.5. The van der Waals surface area contributed by atoms with Crippen LogP contribution in [0.3, 0.4) is 0 Å². The van der Waals surface area contributed by atoms with Gasteiger partial charge in [-0.15, -0.1) is 0 Å². The molecule has 86 valence electrons. The van der Waals surface area contributed by atoms with Gasteiger partial charge in [0.15, 0.2) is 0 Å². The first kappa shape index (κ1) is 11.3. The predicted molar refractivity (Wildman–Crippen MR) is 60.9 cm³/mol. The van der Waals surface area contributed by atoms with Gasteiger partial charge in [0.1, 0.15) is 12.2 Å². The van der Waals surface area contributed by atoms with Crippen molar-refractivity contribution in [2.45, 2.75) is 24.7 Å². The zero-order valence-electron chi connectivity index (χ0n) is 8.99. The van der Waals surface area contributed by atoms with Crippen LogP contribution in [-0.2, 0) is 4.74 Å². The van der Waals surface area contributed by atoms with E-state index in [9.17, 15) is 10.2 Å². The molecule has 0 spiro atoms. The summed E-state index contributed by atoms with van der Waals surface area (Å²) in [6.07, 6.45) is 2.43. The van der Waals surface area contributed by atoms with Gasteiger partial charge in [-0.1, -0.05) is 42.5 Å². The van der Waals surface area contributed by atoms with E-state index in [2.05, 4.69) is 0 Å². The Morgan fingerprint density at radius 1 is 1.12 bits per heavy atom. The average molecular weight is 220 g/mol. The lowest BCUT2D eigenvalue weighted by molar-refractivity contribution is -0.0869. The van der Waals surface area contributed by atoms with E-state index >= 15 is 0 Å². The third-order valence-corrected chi connectivity index (χ3v) is 2.79. The van der Waals surface area contributed by atoms with E-state index in [1.54, 1.807) is 12.1 Å². The van der Waals surface area contributed by atoms with E-state index in [4.69, 9.17) is 4.74 Å². The molecule has 2 rings (SSSR count). The molecule has 3 atom stereocenters. The summed E-state index contributed by atoms with van der Waals surface area (Å²) in [5.74, 6) is 0. The standard InChI is InChI=1S/C13H16O3/c14-12(10-6-2-1-3-7-10)13(15)11-8-4-5-9-16-11/h1-7,11-15H,8-9H2/t11-,12+,13+/m0/s1. The highest BCUT2D eigenvalue weighted by molar-refractivity contribution is 5.18. The first-order valence-corrected chi connectivity index (χ1v) is 5.46. The summed E-state index contributed by atoms with van der Waals surface area (Å²) in [5.41, 5.74) is 0.716. The molecule has 0 saturated heterocycles. The van der Waals surface area contributed by atoms with Crippen LogP contribution in [0.25, 0.3) is 0 Å². The van der Waals surface area contributed by atoms with Gasteiger partial charge in [-0.3, -0.25) is 0 Å². The number of hydrogen-bond acceptors (Lipinski definition) is 3. The minimum Gasteiger partial charge on any atom is -0.387 e. The summed E-state index contributed by atoms with van der Waals surface area (Å²) in [4.78, 5) is 0. The lowest BCUT2D eigenvalue weighted by atomic mass is 9.98. The number of benzene rings is 1. The van der Waals surface area contributed by atoms with Crippen molar-refractivity contribution in [1.29, 1.82) is 0 Å². The van der Waals surface area contributed by atoms with Crippen molar-refractivity contribution >= 4 is 0 Å². The van der Waals surface area contributed by atoms with E-state index in [0.29, 0.717) is 18.6 Å². The molecule has 1 heterocycles. The Kier molecular flexibility index (Phi) is 3.72. The van der Waals surface area contributed by atoms with Crippen molar-refractivity contribution in [2.24, 2.45) is 0 Å². The van der Waals surface area contributed by atoms with Crippen LogP contribution in [0.1, 0.15) is 18.1 Å². The first-order valence-electron chi connectivity index (χ1n) is 5.46. The van der Waals surface area contributed by atoms with Crippen molar-refractivity contribution in [1.82, 2.24) is 0 Å². The van der Waals surface area contributed by atoms with Crippen LogP contribution in [0.5, 0.6) is 0 Å². The molecule has 16 heavy (non-hydrogen) atoms. The van der Waals surface area contributed by atoms with E-state index in [1.165, 1.54) is 0 Å². The molecule has 0 unspecified atom stereocenters. The van der Waals surface area contributed by atoms with Crippen LogP contribution >= 0.6 is 0 Å². The van der Waals surface area contributed by atoms with Crippen LogP contribution in [0.4, 0.5) is 0 Å². The number of aliphatic hydroxyl groups excluding tert-OH is 2. The van der Waals surface area contributed by atoms with Crippen LogP contribution in [0.2, 0.25) is 0 Å². The molecule has 3 nitrogen and oxygen atoms in total. The minimum absolute atomic E-state index is 0.319. The number of aliphatic hydroxyl groups is 2. The zero-order chi connectivity index (χ0) is 11.4. The zero-order valence-corrected chi connectivity index (χ0v) is 8.99. The molecule has 0 aliphatic carbocycles. The second kappa shape index (κ2) is 5.25. The Hall–Kier alpha value is -1.16. The smallest absolute Gasteiger partial charge is 0.110 e. The van der Waals surface area contributed by atoms with Crippen LogP contribution in [0, 0.1) is 0 Å². The molecule has 0 saturated carbocycles. The van der Waals surface area contributed by atoms with E-state index in [0.717, 1.165) is 0 Å². The molecule has 0 bridgehead atoms. The first-order chi connectivity index (χ1) is 7.79. The van der Waals surface area contributed by atoms with E-state index in [1.807, 2.05) is 30.4 Å². The fourth-order valence-electron chi connectivity index (χ4n) is 1.83. The Bertz CT molecular complexity index is 347. The fraction of sp³-hybridized carbons (Fsp3) is 0.385. The van der Waals surface area contributed by atoms with E-state index < -0.39 is 12.2 Å². The Morgan fingerprint density at radius 3 is 2.50 bits per heavy atom. The molecule has 0 amide bonds. The number of ether oxygens (including phenoxy) is 1. The molecule has 1 aromatic carbocycles. The molecule has 1 aliphatic rings. The van der Waals surface area contributed by atoms with Crippen molar-refractivity contribution in [2.75, 3.05) is 6.61 Å². The monoisotopic (exact) mass is 220 g/mol. The number of rotatable bonds is 3. The summed E-state index contributed by atoms with van der Waals surface area (Å²) in [6.45, 7) is 0.503. The lowest BCUT2D eigenvalue weighted by Gasteiger charge is -2.27. The summed E-state index contributed by atoms with van der Waals surface area (Å²) < 4.78 is 5.39. The second-order valence-electron chi connectivity index (χ2n) is 3.93. The average Bonchev–Trinajstić information content (AvgIpc) is 2.39. The Balaban J connectivity index is 2.04. The molecule has 0 fully saturated rings. The summed E-state index contributed by atoms with van der Waals surface area (Å²) in [5, 5.41) is 20.0. The third kappa shape index (κ3) is 2.50. The maximum Gasteiger partial charge on any atom is 0.110 e.